The van der Waals surface area contributed by atoms with E-state index in [-0.39, 0.29) is 5.96 Å². The van der Waals surface area contributed by atoms with Gasteiger partial charge in [0, 0.05) is 24.5 Å². The van der Waals surface area contributed by atoms with E-state index in [9.17, 15) is 0 Å². The minimum Gasteiger partial charge on any atom is -0.380 e. The molecule has 0 amide bonds. The quantitative estimate of drug-likeness (QED) is 0.581. The zero-order chi connectivity index (χ0) is 12.6. The molecule has 5 nitrogen and oxygen atoms in total. The smallest absolute Gasteiger partial charge is 0.219 e. The maximum atomic E-state index is 5.53. The normalized spacial score (nSPS) is 26.0. The highest BCUT2D eigenvalue weighted by atomic mass is 16.5. The van der Waals surface area contributed by atoms with Crippen molar-refractivity contribution in [2.75, 3.05) is 26.3 Å². The second-order valence-corrected chi connectivity index (χ2v) is 5.29. The molecule has 1 spiro atoms. The average Bonchev–Trinajstić information content (AvgIpc) is 2.27. The summed E-state index contributed by atoms with van der Waals surface area (Å²) in [5, 5.41) is 0. The van der Waals surface area contributed by atoms with E-state index >= 15 is 0 Å². The molecule has 18 heavy (non-hydrogen) atoms. The molecular formula is C13H18N4O. The van der Waals surface area contributed by atoms with Crippen LogP contribution in [0, 0.1) is 5.41 Å². The van der Waals surface area contributed by atoms with Crippen molar-refractivity contribution in [1.82, 2.24) is 4.90 Å². The van der Waals surface area contributed by atoms with Crippen molar-refractivity contribution in [3.05, 3.63) is 23.5 Å². The number of nitrogens with zero attached hydrogens (tertiary/aromatic N) is 3. The molecule has 2 aliphatic heterocycles. The number of allylic oxidation sites excluding steroid dienone is 4. The maximum absolute atomic E-state index is 5.53. The van der Waals surface area contributed by atoms with Crippen LogP contribution in [0.15, 0.2) is 33.5 Å². The Bertz CT molecular complexity index is 452. The zero-order valence-corrected chi connectivity index (χ0v) is 10.4. The Morgan fingerprint density at radius 3 is 2.61 bits per heavy atom. The number of rotatable bonds is 2. The summed E-state index contributed by atoms with van der Waals surface area (Å²) in [6.07, 6.45) is 6.11. The highest BCUT2D eigenvalue weighted by Crippen LogP contribution is 2.41. The van der Waals surface area contributed by atoms with Gasteiger partial charge in [0.1, 0.15) is 0 Å². The number of guanidine groups is 1. The Balaban J connectivity index is 1.61. The minimum atomic E-state index is 0.243. The van der Waals surface area contributed by atoms with Gasteiger partial charge in [0.15, 0.2) is 0 Å². The molecular weight excluding hydrogens is 228 g/mol. The summed E-state index contributed by atoms with van der Waals surface area (Å²) in [6, 6.07) is 0. The van der Waals surface area contributed by atoms with Gasteiger partial charge in [-0.05, 0) is 31.7 Å². The molecule has 3 rings (SSSR count). The average molecular weight is 246 g/mol. The molecule has 0 radical (unpaired) electrons. The number of nitrogens with two attached hydrogens (primary N) is 1. The van der Waals surface area contributed by atoms with Gasteiger partial charge in [0.2, 0.25) is 5.96 Å². The van der Waals surface area contributed by atoms with Crippen molar-refractivity contribution in [2.45, 2.75) is 12.8 Å². The largest absolute Gasteiger partial charge is 0.380 e. The van der Waals surface area contributed by atoms with Crippen molar-refractivity contribution < 1.29 is 4.74 Å². The number of hydrogen-bond acceptors (Lipinski definition) is 3. The Labute approximate surface area is 107 Å². The molecule has 3 aliphatic rings. The standard InChI is InChI=1S/C13H18N4O/c1-15-12(14)16-10-2-4-11(5-3-10)17-6-13(7-17)8-18-9-13/h2,4H,1,3,5-9H2,(H2,14,16). The highest BCUT2D eigenvalue weighted by molar-refractivity contribution is 5.83. The van der Waals surface area contributed by atoms with Crippen LogP contribution in [0.2, 0.25) is 0 Å². The van der Waals surface area contributed by atoms with Crippen molar-refractivity contribution >= 4 is 12.7 Å². The van der Waals surface area contributed by atoms with E-state index in [0.29, 0.717) is 5.41 Å². The molecule has 2 saturated heterocycles. The summed E-state index contributed by atoms with van der Waals surface area (Å²) in [4.78, 5) is 10.2. The predicted molar refractivity (Wildman–Crippen MR) is 71.4 cm³/mol. The number of ether oxygens (including phenoxy) is 1. The third-order valence-corrected chi connectivity index (χ3v) is 3.80. The van der Waals surface area contributed by atoms with Crippen molar-refractivity contribution in [3.8, 4) is 0 Å². The summed E-state index contributed by atoms with van der Waals surface area (Å²) in [7, 11) is 0. The summed E-state index contributed by atoms with van der Waals surface area (Å²) >= 11 is 0. The first-order valence-corrected chi connectivity index (χ1v) is 6.24. The third kappa shape index (κ3) is 1.95. The van der Waals surface area contributed by atoms with Crippen LogP contribution in [0.5, 0.6) is 0 Å². The fourth-order valence-electron chi connectivity index (χ4n) is 2.69. The Kier molecular flexibility index (Phi) is 2.70. The van der Waals surface area contributed by atoms with Crippen LogP contribution in [-0.4, -0.2) is 43.9 Å². The number of likely N-dealkylation sites (tertiary alicyclic amines) is 1. The molecule has 96 valence electrons. The third-order valence-electron chi connectivity index (χ3n) is 3.80. The van der Waals surface area contributed by atoms with Gasteiger partial charge >= 0.3 is 0 Å². The molecule has 2 N–H and O–H groups in total. The van der Waals surface area contributed by atoms with Crippen molar-refractivity contribution in [2.24, 2.45) is 21.1 Å². The van der Waals surface area contributed by atoms with Crippen LogP contribution in [0.1, 0.15) is 12.8 Å². The molecule has 0 bridgehead atoms. The summed E-state index contributed by atoms with van der Waals surface area (Å²) in [5.41, 5.74) is 8.38. The van der Waals surface area contributed by atoms with E-state index in [2.05, 4.69) is 27.7 Å². The van der Waals surface area contributed by atoms with Crippen LogP contribution in [-0.2, 0) is 4.74 Å². The number of aliphatic imine (C=N–C) groups is 2. The lowest BCUT2D eigenvalue weighted by molar-refractivity contribution is -0.180. The molecule has 2 heterocycles. The molecule has 0 aromatic heterocycles. The molecule has 0 aromatic rings. The van der Waals surface area contributed by atoms with E-state index in [1.54, 1.807) is 0 Å². The summed E-state index contributed by atoms with van der Waals surface area (Å²) in [6.45, 7) is 7.50. The lowest BCUT2D eigenvalue weighted by Gasteiger charge is -2.56. The molecule has 0 aromatic carbocycles. The maximum Gasteiger partial charge on any atom is 0.219 e. The van der Waals surface area contributed by atoms with E-state index in [0.717, 1.165) is 44.8 Å². The molecule has 0 unspecified atom stereocenters. The topological polar surface area (TPSA) is 63.2 Å². The van der Waals surface area contributed by atoms with Gasteiger partial charge in [-0.25, -0.2) is 9.98 Å². The lowest BCUT2D eigenvalue weighted by atomic mass is 9.77. The first-order valence-electron chi connectivity index (χ1n) is 6.24. The lowest BCUT2D eigenvalue weighted by Crippen LogP contribution is -2.65. The van der Waals surface area contributed by atoms with Gasteiger partial charge in [0.25, 0.3) is 0 Å². The Hall–Kier alpha value is -1.62. The van der Waals surface area contributed by atoms with Crippen LogP contribution in [0.4, 0.5) is 0 Å². The predicted octanol–water partition coefficient (Wildman–Crippen LogP) is 0.895. The fourth-order valence-corrected chi connectivity index (χ4v) is 2.69. The Morgan fingerprint density at radius 1 is 1.33 bits per heavy atom. The highest BCUT2D eigenvalue weighted by Gasteiger charge is 2.49. The summed E-state index contributed by atoms with van der Waals surface area (Å²) < 4.78 is 5.28. The van der Waals surface area contributed by atoms with Gasteiger partial charge in [-0.15, -0.1) is 0 Å². The van der Waals surface area contributed by atoms with E-state index < -0.39 is 0 Å². The van der Waals surface area contributed by atoms with E-state index in [1.165, 1.54) is 5.70 Å². The van der Waals surface area contributed by atoms with Gasteiger partial charge < -0.3 is 15.4 Å². The van der Waals surface area contributed by atoms with Crippen molar-refractivity contribution in [3.63, 3.8) is 0 Å². The summed E-state index contributed by atoms with van der Waals surface area (Å²) in [5.74, 6) is 0.243. The van der Waals surface area contributed by atoms with Crippen LogP contribution < -0.4 is 5.73 Å². The molecule has 5 heteroatoms. The van der Waals surface area contributed by atoms with Crippen LogP contribution in [0.3, 0.4) is 0 Å². The molecule has 0 saturated carbocycles. The first kappa shape index (κ1) is 11.5. The zero-order valence-electron chi connectivity index (χ0n) is 10.4. The second kappa shape index (κ2) is 4.24. The molecule has 1 aliphatic carbocycles. The molecule has 0 atom stereocenters. The second-order valence-electron chi connectivity index (χ2n) is 5.29. The van der Waals surface area contributed by atoms with Crippen LogP contribution in [0.25, 0.3) is 0 Å². The van der Waals surface area contributed by atoms with Gasteiger partial charge in [-0.1, -0.05) is 0 Å². The van der Waals surface area contributed by atoms with E-state index in [1.807, 2.05) is 6.08 Å². The van der Waals surface area contributed by atoms with Gasteiger partial charge in [-0.2, -0.15) is 0 Å². The number of hydrogen-bond donors (Lipinski definition) is 1. The fraction of sp³-hybridized carbons (Fsp3) is 0.538. The van der Waals surface area contributed by atoms with E-state index in [4.69, 9.17) is 10.5 Å². The van der Waals surface area contributed by atoms with Crippen molar-refractivity contribution in [1.29, 1.82) is 0 Å². The van der Waals surface area contributed by atoms with Crippen LogP contribution >= 0.6 is 0 Å². The van der Waals surface area contributed by atoms with Gasteiger partial charge in [0.05, 0.1) is 18.6 Å². The first-order chi connectivity index (χ1) is 8.71. The van der Waals surface area contributed by atoms with Gasteiger partial charge in [-0.3, -0.25) is 0 Å². The SMILES string of the molecule is C=NC(N)=NC1=CC=C(N2CC3(COC3)C2)CC1. The monoisotopic (exact) mass is 246 g/mol. The Morgan fingerprint density at radius 2 is 2.11 bits per heavy atom. The molecule has 2 fully saturated rings. The minimum absolute atomic E-state index is 0.243.